The van der Waals surface area contributed by atoms with Crippen LogP contribution in [-0.2, 0) is 11.8 Å². The van der Waals surface area contributed by atoms with Crippen LogP contribution in [0.5, 0.6) is 5.88 Å². The number of methoxy groups -OCH3 is 1. The van der Waals surface area contributed by atoms with Gasteiger partial charge in [-0.05, 0) is 13.3 Å². The van der Waals surface area contributed by atoms with Crippen LogP contribution in [-0.4, -0.2) is 29.5 Å². The number of ether oxygens (including phenoxy) is 2. The minimum Gasteiger partial charge on any atom is -0.481 e. The van der Waals surface area contributed by atoms with Crippen LogP contribution in [0.15, 0.2) is 0 Å². The van der Waals surface area contributed by atoms with Gasteiger partial charge in [-0.25, -0.2) is 4.68 Å². The monoisotopic (exact) mass is 211 g/mol. The normalized spacial score (nSPS) is 25.9. The zero-order valence-corrected chi connectivity index (χ0v) is 9.36. The molecule has 1 saturated heterocycles. The summed E-state index contributed by atoms with van der Waals surface area (Å²) in [7, 11) is 3.50. The van der Waals surface area contributed by atoms with E-state index in [9.17, 15) is 0 Å². The van der Waals surface area contributed by atoms with Crippen LogP contribution in [0.3, 0.4) is 0 Å². The number of nitrogens with two attached hydrogens (primary N) is 1. The molecule has 1 aromatic heterocycles. The van der Waals surface area contributed by atoms with E-state index in [-0.39, 0.29) is 12.1 Å². The van der Waals surface area contributed by atoms with Crippen molar-refractivity contribution in [3.63, 3.8) is 0 Å². The number of hydrogen-bond donors (Lipinski definition) is 1. The minimum absolute atomic E-state index is 0.0433. The Hall–Kier alpha value is -1.07. The van der Waals surface area contributed by atoms with Crippen molar-refractivity contribution in [1.82, 2.24) is 9.78 Å². The molecule has 2 rings (SSSR count). The highest BCUT2D eigenvalue weighted by molar-refractivity contribution is 5.34. The molecule has 5 nitrogen and oxygen atoms in total. The molecule has 1 aliphatic rings. The summed E-state index contributed by atoms with van der Waals surface area (Å²) >= 11 is 0. The Balaban J connectivity index is 2.41. The van der Waals surface area contributed by atoms with Crippen LogP contribution < -0.4 is 10.5 Å². The first-order valence-corrected chi connectivity index (χ1v) is 5.09. The number of aryl methyl sites for hydroxylation is 2. The van der Waals surface area contributed by atoms with Gasteiger partial charge in [-0.1, -0.05) is 0 Å². The summed E-state index contributed by atoms with van der Waals surface area (Å²) in [6.07, 6.45) is 0.816. The Labute approximate surface area is 89.2 Å². The fourth-order valence-electron chi connectivity index (χ4n) is 2.13. The molecule has 0 spiro atoms. The minimum atomic E-state index is -0.0753. The molecule has 2 atom stereocenters. The SMILES string of the molecule is COc1c(C2OCCC2N)c(C)nn1C. The van der Waals surface area contributed by atoms with Gasteiger partial charge in [0.2, 0.25) is 5.88 Å². The third-order valence-electron chi connectivity index (χ3n) is 2.83. The molecule has 1 aromatic rings. The van der Waals surface area contributed by atoms with Gasteiger partial charge < -0.3 is 15.2 Å². The fourth-order valence-corrected chi connectivity index (χ4v) is 2.13. The fraction of sp³-hybridized carbons (Fsp3) is 0.700. The molecule has 0 amide bonds. The van der Waals surface area contributed by atoms with E-state index < -0.39 is 0 Å². The van der Waals surface area contributed by atoms with Crippen molar-refractivity contribution in [3.05, 3.63) is 11.3 Å². The Kier molecular flexibility index (Phi) is 2.67. The van der Waals surface area contributed by atoms with Gasteiger partial charge in [-0.15, -0.1) is 0 Å². The Morgan fingerprint density at radius 2 is 2.33 bits per heavy atom. The second kappa shape index (κ2) is 3.83. The van der Waals surface area contributed by atoms with E-state index in [0.29, 0.717) is 6.61 Å². The molecule has 84 valence electrons. The van der Waals surface area contributed by atoms with Crippen LogP contribution >= 0.6 is 0 Å². The van der Waals surface area contributed by atoms with Crippen molar-refractivity contribution in [1.29, 1.82) is 0 Å². The quantitative estimate of drug-likeness (QED) is 0.775. The van der Waals surface area contributed by atoms with E-state index in [4.69, 9.17) is 15.2 Å². The van der Waals surface area contributed by atoms with Crippen molar-refractivity contribution in [3.8, 4) is 5.88 Å². The lowest BCUT2D eigenvalue weighted by Gasteiger charge is -2.15. The van der Waals surface area contributed by atoms with E-state index in [1.807, 2.05) is 14.0 Å². The van der Waals surface area contributed by atoms with E-state index in [0.717, 1.165) is 23.6 Å². The molecule has 0 radical (unpaired) electrons. The summed E-state index contributed by atoms with van der Waals surface area (Å²) < 4.78 is 12.7. The first-order valence-electron chi connectivity index (χ1n) is 5.09. The Bertz CT molecular complexity index is 362. The highest BCUT2D eigenvalue weighted by Crippen LogP contribution is 2.35. The average Bonchev–Trinajstić information content (AvgIpc) is 2.70. The zero-order valence-electron chi connectivity index (χ0n) is 9.36. The summed E-state index contributed by atoms with van der Waals surface area (Å²) in [6.45, 7) is 2.66. The maximum Gasteiger partial charge on any atom is 0.217 e. The zero-order chi connectivity index (χ0) is 11.0. The van der Waals surface area contributed by atoms with Crippen LogP contribution in [0.2, 0.25) is 0 Å². The van der Waals surface area contributed by atoms with E-state index in [1.165, 1.54) is 0 Å². The molecular formula is C10H17N3O2. The molecule has 0 aromatic carbocycles. The molecule has 0 bridgehead atoms. The Morgan fingerprint density at radius 1 is 1.60 bits per heavy atom. The molecule has 2 N–H and O–H groups in total. The molecule has 2 unspecified atom stereocenters. The number of hydrogen-bond acceptors (Lipinski definition) is 4. The van der Waals surface area contributed by atoms with Crippen molar-refractivity contribution >= 4 is 0 Å². The standard InChI is InChI=1S/C10H17N3O2/c1-6-8(9-7(11)4-5-15-9)10(14-3)13(2)12-6/h7,9H,4-5,11H2,1-3H3. The van der Waals surface area contributed by atoms with Crippen molar-refractivity contribution < 1.29 is 9.47 Å². The number of aromatic nitrogens is 2. The summed E-state index contributed by atoms with van der Waals surface area (Å²) in [5.41, 5.74) is 7.91. The van der Waals surface area contributed by atoms with Gasteiger partial charge in [0, 0.05) is 19.7 Å². The van der Waals surface area contributed by atoms with Gasteiger partial charge in [0.25, 0.3) is 0 Å². The molecule has 1 aliphatic heterocycles. The summed E-state index contributed by atoms with van der Waals surface area (Å²) in [6, 6.07) is 0.0433. The van der Waals surface area contributed by atoms with E-state index in [2.05, 4.69) is 5.10 Å². The van der Waals surface area contributed by atoms with Crippen molar-refractivity contribution in [2.24, 2.45) is 12.8 Å². The van der Waals surface area contributed by atoms with Gasteiger partial charge in [0.05, 0.1) is 18.4 Å². The largest absolute Gasteiger partial charge is 0.481 e. The predicted molar refractivity (Wildman–Crippen MR) is 55.8 cm³/mol. The number of rotatable bonds is 2. The number of nitrogens with zero attached hydrogens (tertiary/aromatic N) is 2. The molecule has 0 aliphatic carbocycles. The smallest absolute Gasteiger partial charge is 0.217 e. The molecule has 5 heteroatoms. The first-order chi connectivity index (χ1) is 7.15. The highest BCUT2D eigenvalue weighted by atomic mass is 16.5. The van der Waals surface area contributed by atoms with Gasteiger partial charge in [-0.3, -0.25) is 0 Å². The van der Waals surface area contributed by atoms with Crippen LogP contribution in [0, 0.1) is 6.92 Å². The van der Waals surface area contributed by atoms with Crippen molar-refractivity contribution in [2.75, 3.05) is 13.7 Å². The summed E-state index contributed by atoms with van der Waals surface area (Å²) in [5, 5.41) is 4.32. The lowest BCUT2D eigenvalue weighted by molar-refractivity contribution is 0.102. The Morgan fingerprint density at radius 3 is 2.87 bits per heavy atom. The lowest BCUT2D eigenvalue weighted by atomic mass is 10.0. The van der Waals surface area contributed by atoms with E-state index >= 15 is 0 Å². The molecular weight excluding hydrogens is 194 g/mol. The maximum atomic E-state index is 6.00. The lowest BCUT2D eigenvalue weighted by Crippen LogP contribution is -2.24. The van der Waals surface area contributed by atoms with Crippen LogP contribution in [0.25, 0.3) is 0 Å². The third-order valence-corrected chi connectivity index (χ3v) is 2.83. The van der Waals surface area contributed by atoms with E-state index in [1.54, 1.807) is 11.8 Å². The highest BCUT2D eigenvalue weighted by Gasteiger charge is 2.32. The average molecular weight is 211 g/mol. The topological polar surface area (TPSA) is 62.3 Å². The van der Waals surface area contributed by atoms with Gasteiger partial charge >= 0.3 is 0 Å². The first kappa shape index (κ1) is 10.4. The molecule has 0 saturated carbocycles. The van der Waals surface area contributed by atoms with Gasteiger partial charge in [0.1, 0.15) is 6.10 Å². The summed E-state index contributed by atoms with van der Waals surface area (Å²) in [5.74, 6) is 0.745. The molecule has 2 heterocycles. The van der Waals surface area contributed by atoms with Crippen LogP contribution in [0.1, 0.15) is 23.8 Å². The third kappa shape index (κ3) is 1.61. The predicted octanol–water partition coefficient (Wildman–Crippen LogP) is 0.526. The van der Waals surface area contributed by atoms with Gasteiger partial charge in [-0.2, -0.15) is 5.10 Å². The van der Waals surface area contributed by atoms with Crippen molar-refractivity contribution in [2.45, 2.75) is 25.5 Å². The molecule has 15 heavy (non-hydrogen) atoms. The summed E-state index contributed by atoms with van der Waals surface area (Å²) in [4.78, 5) is 0. The second-order valence-electron chi connectivity index (χ2n) is 3.88. The second-order valence-corrected chi connectivity index (χ2v) is 3.88. The van der Waals surface area contributed by atoms with Crippen LogP contribution in [0.4, 0.5) is 0 Å². The van der Waals surface area contributed by atoms with Gasteiger partial charge in [0.15, 0.2) is 0 Å². The molecule has 1 fully saturated rings. The maximum absolute atomic E-state index is 6.00.